The van der Waals surface area contributed by atoms with Crippen LogP contribution in [0.4, 0.5) is 0 Å². The first-order valence-electron chi connectivity index (χ1n) is 5.85. The predicted molar refractivity (Wildman–Crippen MR) is 68.2 cm³/mol. The summed E-state index contributed by atoms with van der Waals surface area (Å²) in [6.45, 7) is -1.49. The van der Waals surface area contributed by atoms with Gasteiger partial charge in [0.15, 0.2) is 6.61 Å². The van der Waals surface area contributed by atoms with Gasteiger partial charge in [-0.1, -0.05) is 30.3 Å². The number of amides is 2. The van der Waals surface area contributed by atoms with E-state index in [9.17, 15) is 19.5 Å². The van der Waals surface area contributed by atoms with E-state index in [2.05, 4.69) is 5.32 Å². The van der Waals surface area contributed by atoms with E-state index in [0.29, 0.717) is 5.56 Å². The normalized spacial score (nSPS) is 11.5. The molecule has 0 fully saturated rings. The third kappa shape index (κ3) is 4.36. The Morgan fingerprint density at radius 2 is 1.85 bits per heavy atom. The standard InChI is InChI=1S/C13H15N2O5/c1-15(7-11(18)19)13(20)12(14-10(17)8-16)9-5-3-2-4-6-9/h2-6,12H,7-8H2,1H3,(H,14,17)(H,18,19)/t12-/m1/s1. The highest BCUT2D eigenvalue weighted by molar-refractivity contribution is 5.90. The first kappa shape index (κ1) is 15.6. The second kappa shape index (κ2) is 7.25. The lowest BCUT2D eigenvalue weighted by Crippen LogP contribution is -2.43. The lowest BCUT2D eigenvalue weighted by Gasteiger charge is -2.23. The van der Waals surface area contributed by atoms with E-state index in [4.69, 9.17) is 5.11 Å². The monoisotopic (exact) mass is 279 g/mol. The molecule has 20 heavy (non-hydrogen) atoms. The maximum Gasteiger partial charge on any atom is 0.323 e. The molecule has 1 rings (SSSR count). The molecule has 1 atom stereocenters. The fraction of sp³-hybridized carbons (Fsp3) is 0.308. The zero-order valence-corrected chi connectivity index (χ0v) is 10.9. The summed E-state index contributed by atoms with van der Waals surface area (Å²) in [5, 5.41) is 21.5. The molecule has 7 nitrogen and oxygen atoms in total. The molecule has 0 aromatic heterocycles. The number of carbonyl (C=O) groups excluding carboxylic acids is 2. The zero-order valence-electron chi connectivity index (χ0n) is 10.9. The Kier molecular flexibility index (Phi) is 5.67. The van der Waals surface area contributed by atoms with Gasteiger partial charge in [-0.3, -0.25) is 14.4 Å². The van der Waals surface area contributed by atoms with Crippen LogP contribution in [0.5, 0.6) is 0 Å². The highest BCUT2D eigenvalue weighted by atomic mass is 16.4. The van der Waals surface area contributed by atoms with Crippen molar-refractivity contribution in [3.05, 3.63) is 35.9 Å². The maximum atomic E-state index is 12.2. The number of rotatable bonds is 6. The Bertz CT molecular complexity index is 489. The van der Waals surface area contributed by atoms with Crippen molar-refractivity contribution < 1.29 is 24.6 Å². The maximum absolute atomic E-state index is 12.2. The largest absolute Gasteiger partial charge is 0.480 e. The quantitative estimate of drug-likeness (QED) is 0.753. The lowest BCUT2D eigenvalue weighted by atomic mass is 10.1. The summed E-state index contributed by atoms with van der Waals surface area (Å²) >= 11 is 0. The molecule has 0 aliphatic heterocycles. The van der Waals surface area contributed by atoms with Crippen molar-refractivity contribution in [3.8, 4) is 0 Å². The van der Waals surface area contributed by atoms with Gasteiger partial charge in [-0.05, 0) is 5.56 Å². The van der Waals surface area contributed by atoms with Gasteiger partial charge in [-0.25, -0.2) is 5.11 Å². The molecule has 0 saturated carbocycles. The molecule has 2 N–H and O–H groups in total. The van der Waals surface area contributed by atoms with Gasteiger partial charge in [0, 0.05) is 7.05 Å². The van der Waals surface area contributed by atoms with Gasteiger partial charge >= 0.3 is 5.97 Å². The van der Waals surface area contributed by atoms with E-state index < -0.39 is 37.0 Å². The molecule has 0 unspecified atom stereocenters. The number of likely N-dealkylation sites (N-methyl/N-ethyl adjacent to an activating group) is 1. The van der Waals surface area contributed by atoms with Crippen LogP contribution in [0, 0.1) is 0 Å². The van der Waals surface area contributed by atoms with Gasteiger partial charge in [0.2, 0.25) is 11.8 Å². The number of carbonyl (C=O) groups is 3. The molecule has 1 aromatic carbocycles. The summed E-state index contributed by atoms with van der Waals surface area (Å²) in [6.07, 6.45) is 0. The van der Waals surface area contributed by atoms with Crippen molar-refractivity contribution in [2.75, 3.05) is 20.2 Å². The van der Waals surface area contributed by atoms with Crippen LogP contribution in [0.25, 0.3) is 0 Å². The van der Waals surface area contributed by atoms with Crippen LogP contribution in [0.3, 0.4) is 0 Å². The Labute approximate surface area is 115 Å². The molecule has 7 heteroatoms. The molecule has 0 aliphatic rings. The van der Waals surface area contributed by atoms with E-state index in [1.165, 1.54) is 7.05 Å². The van der Waals surface area contributed by atoms with Crippen molar-refractivity contribution in [3.63, 3.8) is 0 Å². The minimum atomic E-state index is -1.16. The number of benzene rings is 1. The minimum Gasteiger partial charge on any atom is -0.480 e. The highest BCUT2D eigenvalue weighted by Gasteiger charge is 2.26. The van der Waals surface area contributed by atoms with Crippen molar-refractivity contribution in [2.45, 2.75) is 6.04 Å². The molecule has 0 heterocycles. The summed E-state index contributed by atoms with van der Waals surface area (Å²) in [6, 6.07) is 7.25. The van der Waals surface area contributed by atoms with Crippen molar-refractivity contribution >= 4 is 17.8 Å². The van der Waals surface area contributed by atoms with Crippen molar-refractivity contribution in [2.24, 2.45) is 0 Å². The molecule has 0 spiro atoms. The van der Waals surface area contributed by atoms with Crippen LogP contribution < -0.4 is 5.32 Å². The van der Waals surface area contributed by atoms with Crippen molar-refractivity contribution in [1.82, 2.24) is 10.2 Å². The van der Waals surface area contributed by atoms with E-state index in [0.717, 1.165) is 4.90 Å². The van der Waals surface area contributed by atoms with Crippen molar-refractivity contribution in [1.29, 1.82) is 0 Å². The molecule has 2 amide bonds. The molecule has 0 saturated heterocycles. The first-order valence-corrected chi connectivity index (χ1v) is 5.85. The highest BCUT2D eigenvalue weighted by Crippen LogP contribution is 2.15. The summed E-state index contributed by atoms with van der Waals surface area (Å²) < 4.78 is 0. The second-order valence-electron chi connectivity index (χ2n) is 4.14. The van der Waals surface area contributed by atoms with Crippen LogP contribution in [0.15, 0.2) is 30.3 Å². The van der Waals surface area contributed by atoms with Crippen LogP contribution in [-0.2, 0) is 19.5 Å². The summed E-state index contributed by atoms with van der Waals surface area (Å²) in [7, 11) is 1.32. The molecule has 0 bridgehead atoms. The van der Waals surface area contributed by atoms with Crippen LogP contribution >= 0.6 is 0 Å². The Morgan fingerprint density at radius 1 is 1.25 bits per heavy atom. The van der Waals surface area contributed by atoms with Gasteiger partial charge in [0.25, 0.3) is 0 Å². The summed E-state index contributed by atoms with van der Waals surface area (Å²) in [5.74, 6) is -2.58. The van der Waals surface area contributed by atoms with E-state index in [-0.39, 0.29) is 0 Å². The Balaban J connectivity index is 2.95. The number of nitrogens with zero attached hydrogens (tertiary/aromatic N) is 1. The second-order valence-corrected chi connectivity index (χ2v) is 4.14. The number of carboxylic acid groups (broad SMARTS) is 1. The van der Waals surface area contributed by atoms with Gasteiger partial charge in [0.1, 0.15) is 12.6 Å². The van der Waals surface area contributed by atoms with E-state index in [1.54, 1.807) is 30.3 Å². The fourth-order valence-electron chi connectivity index (χ4n) is 1.64. The van der Waals surface area contributed by atoms with Crippen LogP contribution in [0.2, 0.25) is 0 Å². The molecule has 1 radical (unpaired) electrons. The number of hydrogen-bond acceptors (Lipinski definition) is 3. The Hall–Kier alpha value is -2.41. The average molecular weight is 279 g/mol. The minimum absolute atomic E-state index is 0.483. The number of aliphatic carboxylic acids is 1. The zero-order chi connectivity index (χ0) is 15.1. The molecular formula is C13H15N2O5. The van der Waals surface area contributed by atoms with E-state index in [1.807, 2.05) is 0 Å². The molecule has 1 aromatic rings. The first-order chi connectivity index (χ1) is 9.45. The van der Waals surface area contributed by atoms with Gasteiger partial charge in [-0.15, -0.1) is 0 Å². The van der Waals surface area contributed by atoms with Crippen LogP contribution in [0.1, 0.15) is 11.6 Å². The SMILES string of the molecule is CN(CC(=O)O)C(=O)[C@H](NC(=O)C[O])c1ccccc1. The van der Waals surface area contributed by atoms with Crippen LogP contribution in [-0.4, -0.2) is 48.0 Å². The summed E-state index contributed by atoms with van der Waals surface area (Å²) in [5.41, 5.74) is 0.483. The van der Waals surface area contributed by atoms with Gasteiger partial charge < -0.3 is 15.3 Å². The van der Waals surface area contributed by atoms with E-state index >= 15 is 0 Å². The lowest BCUT2D eigenvalue weighted by molar-refractivity contribution is -0.145. The molecule has 0 aliphatic carbocycles. The third-order valence-corrected chi connectivity index (χ3v) is 2.56. The average Bonchev–Trinajstić information content (AvgIpc) is 2.43. The number of carboxylic acids is 1. The molecule has 107 valence electrons. The topological polar surface area (TPSA) is 107 Å². The smallest absolute Gasteiger partial charge is 0.323 e. The Morgan fingerprint density at radius 3 is 2.35 bits per heavy atom. The van der Waals surface area contributed by atoms with Gasteiger partial charge in [-0.2, -0.15) is 0 Å². The predicted octanol–water partition coefficient (Wildman–Crippen LogP) is -0.183. The molecular weight excluding hydrogens is 264 g/mol. The van der Waals surface area contributed by atoms with Gasteiger partial charge in [0.05, 0.1) is 0 Å². The fourth-order valence-corrected chi connectivity index (χ4v) is 1.64. The number of hydrogen-bond donors (Lipinski definition) is 2. The summed E-state index contributed by atoms with van der Waals surface area (Å²) in [4.78, 5) is 35.0. The third-order valence-electron chi connectivity index (χ3n) is 2.56. The number of nitrogens with one attached hydrogen (secondary N) is 1.